The third kappa shape index (κ3) is 4.13. The summed E-state index contributed by atoms with van der Waals surface area (Å²) in [5.74, 6) is 0.0666. The molecule has 0 radical (unpaired) electrons. The molecule has 4 heteroatoms. The highest BCUT2D eigenvalue weighted by Crippen LogP contribution is 2.20. The summed E-state index contributed by atoms with van der Waals surface area (Å²) in [6.07, 6.45) is 0.360. The van der Waals surface area contributed by atoms with Gasteiger partial charge in [0.25, 0.3) is 0 Å². The Labute approximate surface area is 143 Å². The topological polar surface area (TPSA) is 41.6 Å². The van der Waals surface area contributed by atoms with Crippen molar-refractivity contribution in [1.29, 1.82) is 0 Å². The molecule has 1 saturated heterocycles. The molecule has 0 spiro atoms. The van der Waals surface area contributed by atoms with Crippen LogP contribution >= 0.6 is 0 Å². The highest BCUT2D eigenvalue weighted by Gasteiger charge is 2.24. The van der Waals surface area contributed by atoms with Gasteiger partial charge in [0.05, 0.1) is 24.8 Å². The van der Waals surface area contributed by atoms with Gasteiger partial charge in [0.2, 0.25) is 5.91 Å². The van der Waals surface area contributed by atoms with E-state index in [4.69, 9.17) is 4.74 Å². The van der Waals surface area contributed by atoms with Gasteiger partial charge in [-0.25, -0.2) is 0 Å². The molecule has 128 valence electrons. The first kappa shape index (κ1) is 16.9. The van der Waals surface area contributed by atoms with Crippen LogP contribution in [0.3, 0.4) is 0 Å². The molecule has 24 heavy (non-hydrogen) atoms. The van der Waals surface area contributed by atoms with Gasteiger partial charge in [-0.2, -0.15) is 0 Å². The second-order valence-corrected chi connectivity index (χ2v) is 6.85. The molecule has 3 atom stereocenters. The van der Waals surface area contributed by atoms with E-state index >= 15 is 0 Å². The summed E-state index contributed by atoms with van der Waals surface area (Å²) in [6, 6.07) is 14.6. The lowest BCUT2D eigenvalue weighted by Gasteiger charge is -2.35. The van der Waals surface area contributed by atoms with Gasteiger partial charge in [0.1, 0.15) is 0 Å². The zero-order chi connectivity index (χ0) is 17.1. The van der Waals surface area contributed by atoms with E-state index in [0.717, 1.165) is 18.7 Å². The maximum Gasteiger partial charge on any atom is 0.234 e. The van der Waals surface area contributed by atoms with Gasteiger partial charge >= 0.3 is 0 Å². The number of carbonyl (C=O) groups is 1. The van der Waals surface area contributed by atoms with Crippen LogP contribution in [-0.2, 0) is 9.53 Å². The fraction of sp³-hybridized carbons (Fsp3) is 0.450. The number of morpholine rings is 1. The van der Waals surface area contributed by atoms with Crippen LogP contribution in [0.4, 0.5) is 0 Å². The first-order valence-corrected chi connectivity index (χ1v) is 8.67. The van der Waals surface area contributed by atoms with Crippen molar-refractivity contribution >= 4 is 16.7 Å². The summed E-state index contributed by atoms with van der Waals surface area (Å²) >= 11 is 0. The van der Waals surface area contributed by atoms with E-state index in [1.165, 1.54) is 10.8 Å². The molecule has 1 aliphatic rings. The van der Waals surface area contributed by atoms with Crippen molar-refractivity contribution < 1.29 is 9.53 Å². The highest BCUT2D eigenvalue weighted by atomic mass is 16.5. The number of benzene rings is 2. The maximum atomic E-state index is 12.4. The summed E-state index contributed by atoms with van der Waals surface area (Å²) < 4.78 is 5.72. The molecule has 2 aromatic carbocycles. The summed E-state index contributed by atoms with van der Waals surface area (Å²) in [7, 11) is 0. The molecule has 3 rings (SSSR count). The summed E-state index contributed by atoms with van der Waals surface area (Å²) in [5.41, 5.74) is 1.13. The number of fused-ring (bicyclic) bond motifs is 1. The number of rotatable bonds is 4. The van der Waals surface area contributed by atoms with Gasteiger partial charge in [0.15, 0.2) is 0 Å². The maximum absolute atomic E-state index is 12.4. The van der Waals surface area contributed by atoms with Crippen molar-refractivity contribution in [3.8, 4) is 0 Å². The molecule has 2 aromatic rings. The summed E-state index contributed by atoms with van der Waals surface area (Å²) in [5, 5.41) is 5.54. The van der Waals surface area contributed by atoms with E-state index in [0.29, 0.717) is 6.54 Å². The Bertz CT molecular complexity index is 706. The van der Waals surface area contributed by atoms with Crippen LogP contribution in [0.15, 0.2) is 42.5 Å². The van der Waals surface area contributed by atoms with Gasteiger partial charge in [-0.1, -0.05) is 36.4 Å². The lowest BCUT2D eigenvalue weighted by molar-refractivity contribution is -0.126. The lowest BCUT2D eigenvalue weighted by Crippen LogP contribution is -2.49. The van der Waals surface area contributed by atoms with E-state index in [9.17, 15) is 4.79 Å². The minimum absolute atomic E-state index is 0.00186. The Balaban J connectivity index is 1.60. The van der Waals surface area contributed by atoms with E-state index in [1.54, 1.807) is 0 Å². The van der Waals surface area contributed by atoms with Crippen LogP contribution in [0.1, 0.15) is 32.4 Å². The van der Waals surface area contributed by atoms with Crippen LogP contribution in [-0.4, -0.2) is 42.6 Å². The van der Waals surface area contributed by atoms with Gasteiger partial charge < -0.3 is 10.1 Å². The predicted octanol–water partition coefficient (Wildman–Crippen LogP) is 3.13. The largest absolute Gasteiger partial charge is 0.373 e. The van der Waals surface area contributed by atoms with Crippen molar-refractivity contribution in [3.63, 3.8) is 0 Å². The van der Waals surface area contributed by atoms with Crippen LogP contribution in [0.25, 0.3) is 10.8 Å². The zero-order valence-corrected chi connectivity index (χ0v) is 14.7. The SMILES string of the molecule is CC1CN(CC(=O)NC(C)c2ccc3ccccc3c2)CC(C)O1. The number of nitrogens with zero attached hydrogens (tertiary/aromatic N) is 1. The van der Waals surface area contributed by atoms with E-state index in [1.807, 2.05) is 19.1 Å². The molecule has 1 aliphatic heterocycles. The fourth-order valence-corrected chi connectivity index (χ4v) is 3.46. The van der Waals surface area contributed by atoms with Gasteiger partial charge in [-0.3, -0.25) is 9.69 Å². The zero-order valence-electron chi connectivity index (χ0n) is 14.7. The molecular formula is C20H26N2O2. The van der Waals surface area contributed by atoms with Crippen molar-refractivity contribution in [2.75, 3.05) is 19.6 Å². The number of hydrogen-bond acceptors (Lipinski definition) is 3. The molecule has 0 saturated carbocycles. The molecular weight excluding hydrogens is 300 g/mol. The second-order valence-electron chi connectivity index (χ2n) is 6.85. The number of amides is 1. The number of ether oxygens (including phenoxy) is 1. The molecule has 1 amide bonds. The molecule has 1 N–H and O–H groups in total. The minimum atomic E-state index is -0.00186. The normalized spacial score (nSPS) is 23.1. The Morgan fingerprint density at radius 1 is 1.17 bits per heavy atom. The quantitative estimate of drug-likeness (QED) is 0.938. The number of carbonyl (C=O) groups excluding carboxylic acids is 1. The van der Waals surface area contributed by atoms with Crippen LogP contribution in [0.5, 0.6) is 0 Å². The van der Waals surface area contributed by atoms with Crippen LogP contribution in [0.2, 0.25) is 0 Å². The highest BCUT2D eigenvalue weighted by molar-refractivity contribution is 5.83. The van der Waals surface area contributed by atoms with Gasteiger partial charge in [0, 0.05) is 13.1 Å². The van der Waals surface area contributed by atoms with Crippen molar-refractivity contribution in [2.45, 2.75) is 39.0 Å². The average Bonchev–Trinajstić information content (AvgIpc) is 2.53. The molecule has 3 unspecified atom stereocenters. The number of hydrogen-bond donors (Lipinski definition) is 1. The molecule has 0 bridgehead atoms. The lowest BCUT2D eigenvalue weighted by atomic mass is 10.0. The minimum Gasteiger partial charge on any atom is -0.373 e. The second kappa shape index (κ2) is 7.32. The van der Waals surface area contributed by atoms with Crippen molar-refractivity contribution in [2.24, 2.45) is 0 Å². The van der Waals surface area contributed by atoms with Gasteiger partial charge in [-0.05, 0) is 43.2 Å². The third-order valence-corrected chi connectivity index (χ3v) is 4.51. The smallest absolute Gasteiger partial charge is 0.234 e. The standard InChI is InChI=1S/C20H26N2O2/c1-14-11-22(12-15(2)24-14)13-20(23)21-16(3)18-9-8-17-6-4-5-7-19(17)10-18/h4-10,14-16H,11-13H2,1-3H3,(H,21,23). The molecule has 0 aliphatic carbocycles. The average molecular weight is 326 g/mol. The number of nitrogens with one attached hydrogen (secondary N) is 1. The van der Waals surface area contributed by atoms with E-state index in [2.05, 4.69) is 54.4 Å². The Morgan fingerprint density at radius 2 is 1.83 bits per heavy atom. The Kier molecular flexibility index (Phi) is 5.17. The molecule has 1 heterocycles. The van der Waals surface area contributed by atoms with E-state index in [-0.39, 0.29) is 24.2 Å². The summed E-state index contributed by atoms with van der Waals surface area (Å²) in [4.78, 5) is 14.5. The van der Waals surface area contributed by atoms with Crippen molar-refractivity contribution in [3.05, 3.63) is 48.0 Å². The predicted molar refractivity (Wildman–Crippen MR) is 97.0 cm³/mol. The molecule has 1 fully saturated rings. The summed E-state index contributed by atoms with van der Waals surface area (Å²) in [6.45, 7) is 8.18. The fourth-order valence-electron chi connectivity index (χ4n) is 3.46. The van der Waals surface area contributed by atoms with E-state index < -0.39 is 0 Å². The Morgan fingerprint density at radius 3 is 2.54 bits per heavy atom. The monoisotopic (exact) mass is 326 g/mol. The Hall–Kier alpha value is -1.91. The van der Waals surface area contributed by atoms with Gasteiger partial charge in [-0.15, -0.1) is 0 Å². The molecule has 4 nitrogen and oxygen atoms in total. The third-order valence-electron chi connectivity index (χ3n) is 4.51. The molecule has 0 aromatic heterocycles. The van der Waals surface area contributed by atoms with Crippen LogP contribution < -0.4 is 5.32 Å². The van der Waals surface area contributed by atoms with Crippen LogP contribution in [0, 0.1) is 0 Å². The first-order chi connectivity index (χ1) is 11.5. The first-order valence-electron chi connectivity index (χ1n) is 8.67. The van der Waals surface area contributed by atoms with Crippen molar-refractivity contribution in [1.82, 2.24) is 10.2 Å².